The van der Waals surface area contributed by atoms with Crippen LogP contribution in [-0.2, 0) is 0 Å². The summed E-state index contributed by atoms with van der Waals surface area (Å²) in [5.41, 5.74) is 1.22. The van der Waals surface area contributed by atoms with Crippen molar-refractivity contribution in [3.05, 3.63) is 58.1 Å². The van der Waals surface area contributed by atoms with Crippen molar-refractivity contribution in [2.45, 2.75) is 19.4 Å². The van der Waals surface area contributed by atoms with Gasteiger partial charge in [-0.25, -0.2) is 4.39 Å². The molecule has 0 spiro atoms. The molecule has 2 rings (SSSR count). The molecule has 0 aliphatic carbocycles. The number of ether oxygens (including phenoxy) is 1. The number of rotatable bonds is 6. The van der Waals surface area contributed by atoms with E-state index in [9.17, 15) is 4.39 Å². The quantitative estimate of drug-likeness (QED) is 0.850. The Morgan fingerprint density at radius 2 is 2.14 bits per heavy atom. The predicted molar refractivity (Wildman–Crippen MR) is 85.0 cm³/mol. The van der Waals surface area contributed by atoms with Gasteiger partial charge in [0.15, 0.2) is 0 Å². The Balaban J connectivity index is 2.53. The van der Waals surface area contributed by atoms with Crippen LogP contribution < -0.4 is 10.1 Å². The Bertz CT molecular complexity index is 586. The maximum Gasteiger partial charge on any atom is 0.142 e. The number of halogens is 2. The van der Waals surface area contributed by atoms with Crippen LogP contribution in [0.2, 0.25) is 0 Å². The second-order valence-corrected chi connectivity index (χ2v) is 5.47. The molecule has 0 saturated carbocycles. The van der Waals surface area contributed by atoms with Crippen molar-refractivity contribution < 1.29 is 9.13 Å². The van der Waals surface area contributed by atoms with Gasteiger partial charge in [-0.15, -0.1) is 0 Å². The largest absolute Gasteiger partial charge is 0.495 e. The van der Waals surface area contributed by atoms with Gasteiger partial charge in [0.2, 0.25) is 0 Å². The molecular weight excluding hydrogens is 335 g/mol. The molecule has 1 atom stereocenters. The fourth-order valence-electron chi connectivity index (χ4n) is 2.20. The van der Waals surface area contributed by atoms with Gasteiger partial charge >= 0.3 is 0 Å². The van der Waals surface area contributed by atoms with Gasteiger partial charge in [-0.05, 0) is 37.2 Å². The van der Waals surface area contributed by atoms with Crippen LogP contribution in [0, 0.1) is 5.82 Å². The first-order chi connectivity index (χ1) is 10.2. The molecule has 3 nitrogen and oxygen atoms in total. The molecule has 0 aliphatic rings. The zero-order chi connectivity index (χ0) is 15.2. The van der Waals surface area contributed by atoms with Crippen LogP contribution in [0.5, 0.6) is 5.75 Å². The normalized spacial score (nSPS) is 12.2. The first-order valence-electron chi connectivity index (χ1n) is 6.85. The summed E-state index contributed by atoms with van der Waals surface area (Å²) in [6.45, 7) is 2.82. The summed E-state index contributed by atoms with van der Waals surface area (Å²) in [6.07, 6.45) is 2.63. The summed E-state index contributed by atoms with van der Waals surface area (Å²) in [6, 6.07) is 8.23. The van der Waals surface area contributed by atoms with Crippen molar-refractivity contribution in [1.82, 2.24) is 10.3 Å². The number of hydrogen-bond acceptors (Lipinski definition) is 3. The summed E-state index contributed by atoms with van der Waals surface area (Å²) in [4.78, 5) is 4.39. The maximum atomic E-state index is 14.3. The van der Waals surface area contributed by atoms with E-state index < -0.39 is 0 Å². The van der Waals surface area contributed by atoms with Crippen LogP contribution >= 0.6 is 15.9 Å². The summed E-state index contributed by atoms with van der Waals surface area (Å²) in [5, 5.41) is 3.35. The summed E-state index contributed by atoms with van der Waals surface area (Å²) in [5.74, 6) is 0.368. The lowest BCUT2D eigenvalue weighted by Gasteiger charge is -2.22. The van der Waals surface area contributed by atoms with Gasteiger partial charge in [0.1, 0.15) is 17.3 Å². The molecule has 21 heavy (non-hydrogen) atoms. The second-order valence-electron chi connectivity index (χ2n) is 4.61. The van der Waals surface area contributed by atoms with Gasteiger partial charge in [0.25, 0.3) is 0 Å². The van der Waals surface area contributed by atoms with E-state index in [1.165, 1.54) is 6.07 Å². The number of pyridine rings is 1. The first-order valence-corrected chi connectivity index (χ1v) is 7.64. The average Bonchev–Trinajstić information content (AvgIpc) is 2.50. The van der Waals surface area contributed by atoms with Crippen molar-refractivity contribution >= 4 is 15.9 Å². The smallest absolute Gasteiger partial charge is 0.142 e. The first kappa shape index (κ1) is 15.9. The lowest BCUT2D eigenvalue weighted by Crippen LogP contribution is -2.26. The third-order valence-electron chi connectivity index (χ3n) is 3.18. The molecule has 0 bridgehead atoms. The van der Waals surface area contributed by atoms with E-state index in [0.29, 0.717) is 21.5 Å². The third-order valence-corrected chi connectivity index (χ3v) is 3.87. The molecule has 1 aromatic carbocycles. The van der Waals surface area contributed by atoms with Crippen LogP contribution in [0.15, 0.2) is 41.0 Å². The summed E-state index contributed by atoms with van der Waals surface area (Å²) >= 11 is 3.43. The molecule has 0 fully saturated rings. The number of hydrogen-bond donors (Lipinski definition) is 1. The van der Waals surface area contributed by atoms with Crippen LogP contribution in [0.3, 0.4) is 0 Å². The SMILES string of the molecule is CCCNC(c1ncccc1OC)c1c(F)cccc1Br. The van der Waals surface area contributed by atoms with Crippen LogP contribution in [0.25, 0.3) is 0 Å². The monoisotopic (exact) mass is 352 g/mol. The molecule has 112 valence electrons. The Hall–Kier alpha value is -1.46. The lowest BCUT2D eigenvalue weighted by atomic mass is 10.0. The molecule has 1 unspecified atom stereocenters. The standard InChI is InChI=1S/C16H18BrFN2O/c1-3-9-19-16(14-11(17)6-4-7-12(14)18)15-13(21-2)8-5-10-20-15/h4-8,10,16,19H,3,9H2,1-2H3. The molecule has 0 radical (unpaired) electrons. The Kier molecular flexibility index (Phi) is 5.70. The van der Waals surface area contributed by atoms with Crippen molar-refractivity contribution in [2.75, 3.05) is 13.7 Å². The third kappa shape index (κ3) is 3.60. The topological polar surface area (TPSA) is 34.2 Å². The van der Waals surface area contributed by atoms with Gasteiger partial charge in [0.05, 0.1) is 13.2 Å². The van der Waals surface area contributed by atoms with Gasteiger partial charge in [-0.2, -0.15) is 0 Å². The molecule has 0 aliphatic heterocycles. The Morgan fingerprint density at radius 1 is 1.33 bits per heavy atom. The average molecular weight is 353 g/mol. The van der Waals surface area contributed by atoms with Crippen molar-refractivity contribution in [2.24, 2.45) is 0 Å². The highest BCUT2D eigenvalue weighted by atomic mass is 79.9. The van der Waals surface area contributed by atoms with Crippen molar-refractivity contribution in [3.63, 3.8) is 0 Å². The molecular formula is C16H18BrFN2O. The summed E-state index contributed by atoms with van der Waals surface area (Å²) in [7, 11) is 1.59. The zero-order valence-electron chi connectivity index (χ0n) is 12.1. The zero-order valence-corrected chi connectivity index (χ0v) is 13.7. The van der Waals surface area contributed by atoms with Crippen molar-refractivity contribution in [1.29, 1.82) is 0 Å². The van der Waals surface area contributed by atoms with E-state index in [4.69, 9.17) is 4.74 Å². The molecule has 0 amide bonds. The number of aromatic nitrogens is 1. The number of benzene rings is 1. The van der Waals surface area contributed by atoms with E-state index >= 15 is 0 Å². The molecule has 1 heterocycles. The van der Waals surface area contributed by atoms with Crippen LogP contribution in [0.4, 0.5) is 4.39 Å². The van der Waals surface area contributed by atoms with Crippen molar-refractivity contribution in [3.8, 4) is 5.75 Å². The van der Waals surface area contributed by atoms with E-state index in [1.807, 2.05) is 12.1 Å². The molecule has 0 saturated heterocycles. The minimum absolute atomic E-state index is 0.273. The van der Waals surface area contributed by atoms with Gasteiger partial charge in [0, 0.05) is 16.2 Å². The highest BCUT2D eigenvalue weighted by Crippen LogP contribution is 2.33. The highest BCUT2D eigenvalue weighted by molar-refractivity contribution is 9.10. The number of nitrogens with one attached hydrogen (secondary N) is 1. The minimum Gasteiger partial charge on any atom is -0.495 e. The van der Waals surface area contributed by atoms with Crippen LogP contribution in [0.1, 0.15) is 30.6 Å². The van der Waals surface area contributed by atoms with E-state index in [2.05, 4.69) is 33.2 Å². The van der Waals surface area contributed by atoms with Crippen LogP contribution in [-0.4, -0.2) is 18.6 Å². The lowest BCUT2D eigenvalue weighted by molar-refractivity contribution is 0.398. The summed E-state index contributed by atoms with van der Waals surface area (Å²) < 4.78 is 20.4. The fourth-order valence-corrected chi connectivity index (χ4v) is 2.77. The molecule has 1 N–H and O–H groups in total. The second kappa shape index (κ2) is 7.52. The minimum atomic E-state index is -0.364. The molecule has 1 aromatic heterocycles. The van der Waals surface area contributed by atoms with Gasteiger partial charge < -0.3 is 10.1 Å². The number of nitrogens with zero attached hydrogens (tertiary/aromatic N) is 1. The fraction of sp³-hybridized carbons (Fsp3) is 0.312. The van der Waals surface area contributed by atoms with Gasteiger partial charge in [-0.3, -0.25) is 4.98 Å². The van der Waals surface area contributed by atoms with Gasteiger partial charge in [-0.1, -0.05) is 28.9 Å². The molecule has 5 heteroatoms. The molecule has 2 aromatic rings. The maximum absolute atomic E-state index is 14.3. The van der Waals surface area contributed by atoms with E-state index in [0.717, 1.165) is 13.0 Å². The Labute approximate surface area is 132 Å². The number of methoxy groups -OCH3 is 1. The predicted octanol–water partition coefficient (Wildman–Crippen LogP) is 4.08. The van der Waals surface area contributed by atoms with E-state index in [1.54, 1.807) is 25.4 Å². The Morgan fingerprint density at radius 3 is 2.81 bits per heavy atom. The van der Waals surface area contributed by atoms with E-state index in [-0.39, 0.29) is 11.9 Å². The highest BCUT2D eigenvalue weighted by Gasteiger charge is 2.24.